The Hall–Kier alpha value is -2.23. The standard InChI is InChI=1S/C29H39N3O5S/c1-2-26(33)31-28-14-22-8-10-32(18-25(22)37-28)38(35,36)24-5-3-23(4-6-24)30-27(34)7-9-29-15-19-11-20(16-29)13-21(12-19)17-29/h2-6,19-22,25,28H,1,7-18H2,(H,30,34)(H,31,33). The second-order valence-electron chi connectivity index (χ2n) is 12.5. The number of rotatable bonds is 8. The quantitative estimate of drug-likeness (QED) is 0.483. The predicted octanol–water partition coefficient (Wildman–Crippen LogP) is 4.05. The van der Waals surface area contributed by atoms with E-state index in [0.717, 1.165) is 24.2 Å². The third kappa shape index (κ3) is 5.17. The summed E-state index contributed by atoms with van der Waals surface area (Å²) in [5.74, 6) is 2.57. The van der Waals surface area contributed by atoms with Crippen molar-refractivity contribution in [2.45, 2.75) is 81.4 Å². The van der Waals surface area contributed by atoms with Gasteiger partial charge in [-0.05, 0) is 117 Å². The molecule has 2 aliphatic heterocycles. The Kier molecular flexibility index (Phi) is 6.89. The molecular formula is C29H39N3O5S. The van der Waals surface area contributed by atoms with E-state index in [2.05, 4.69) is 17.2 Å². The number of piperidine rings is 1. The number of benzene rings is 1. The van der Waals surface area contributed by atoms with Crippen molar-refractivity contribution in [2.75, 3.05) is 18.4 Å². The van der Waals surface area contributed by atoms with Crippen LogP contribution in [-0.2, 0) is 24.3 Å². The highest BCUT2D eigenvalue weighted by Crippen LogP contribution is 2.61. The zero-order valence-electron chi connectivity index (χ0n) is 21.9. The first kappa shape index (κ1) is 26.0. The first-order chi connectivity index (χ1) is 18.2. The summed E-state index contributed by atoms with van der Waals surface area (Å²) in [4.78, 5) is 24.6. The van der Waals surface area contributed by atoms with Gasteiger partial charge >= 0.3 is 0 Å². The minimum absolute atomic E-state index is 0.00917. The van der Waals surface area contributed by atoms with Crippen molar-refractivity contribution in [2.24, 2.45) is 29.1 Å². The first-order valence-corrected chi connectivity index (χ1v) is 15.6. The average molecular weight is 542 g/mol. The van der Waals surface area contributed by atoms with Gasteiger partial charge in [-0.2, -0.15) is 4.31 Å². The molecule has 4 bridgehead atoms. The molecular weight excluding hydrogens is 502 g/mol. The highest BCUT2D eigenvalue weighted by molar-refractivity contribution is 7.89. The summed E-state index contributed by atoms with van der Waals surface area (Å²) in [6, 6.07) is 6.49. The van der Waals surface area contributed by atoms with Crippen molar-refractivity contribution in [3.8, 4) is 0 Å². The van der Waals surface area contributed by atoms with E-state index in [0.29, 0.717) is 36.9 Å². The summed E-state index contributed by atoms with van der Waals surface area (Å²) in [5.41, 5.74) is 0.996. The molecule has 3 unspecified atom stereocenters. The monoisotopic (exact) mass is 541 g/mol. The molecule has 9 heteroatoms. The molecule has 7 rings (SSSR count). The number of sulfonamides is 1. The van der Waals surface area contributed by atoms with Crippen LogP contribution in [0, 0.1) is 29.1 Å². The summed E-state index contributed by atoms with van der Waals surface area (Å²) in [5, 5.41) is 5.73. The van der Waals surface area contributed by atoms with Crippen molar-refractivity contribution in [3.05, 3.63) is 36.9 Å². The number of hydrogen-bond donors (Lipinski definition) is 2. The van der Waals surface area contributed by atoms with Crippen molar-refractivity contribution < 1.29 is 22.7 Å². The van der Waals surface area contributed by atoms with Gasteiger partial charge in [0, 0.05) is 25.2 Å². The zero-order valence-corrected chi connectivity index (χ0v) is 22.8. The Morgan fingerprint density at radius 2 is 1.71 bits per heavy atom. The maximum absolute atomic E-state index is 13.3. The van der Waals surface area contributed by atoms with E-state index in [1.165, 1.54) is 48.9 Å². The lowest BCUT2D eigenvalue weighted by Crippen LogP contribution is -2.46. The van der Waals surface area contributed by atoms with Gasteiger partial charge in [0.15, 0.2) is 0 Å². The second-order valence-corrected chi connectivity index (χ2v) is 14.5. The number of carbonyl (C=O) groups excluding carboxylic acids is 2. The van der Waals surface area contributed by atoms with Gasteiger partial charge < -0.3 is 15.4 Å². The molecule has 4 saturated carbocycles. The van der Waals surface area contributed by atoms with E-state index in [9.17, 15) is 18.0 Å². The fourth-order valence-corrected chi connectivity index (χ4v) is 9.96. The Morgan fingerprint density at radius 1 is 1.05 bits per heavy atom. The lowest BCUT2D eigenvalue weighted by Gasteiger charge is -2.57. The molecule has 1 aromatic carbocycles. The van der Waals surface area contributed by atoms with Crippen molar-refractivity contribution in [1.29, 1.82) is 0 Å². The number of nitrogens with one attached hydrogen (secondary N) is 2. The van der Waals surface area contributed by atoms with E-state index in [1.54, 1.807) is 24.3 Å². The van der Waals surface area contributed by atoms with Gasteiger partial charge in [0.1, 0.15) is 6.23 Å². The molecule has 2 N–H and O–H groups in total. The largest absolute Gasteiger partial charge is 0.354 e. The average Bonchev–Trinajstić information content (AvgIpc) is 3.28. The van der Waals surface area contributed by atoms with Gasteiger partial charge in [-0.15, -0.1) is 0 Å². The smallest absolute Gasteiger partial charge is 0.245 e. The number of carbonyl (C=O) groups is 2. The SMILES string of the molecule is C=CC(=O)NC1CC2CCN(S(=O)(=O)c3ccc(NC(=O)CCC45CC6CC(CC(C6)C4)C5)cc3)CC2O1. The third-order valence-electron chi connectivity index (χ3n) is 9.83. The molecule has 2 heterocycles. The van der Waals surface area contributed by atoms with E-state index < -0.39 is 16.3 Å². The molecule has 1 aromatic rings. The minimum atomic E-state index is -3.69. The predicted molar refractivity (Wildman–Crippen MR) is 143 cm³/mol. The summed E-state index contributed by atoms with van der Waals surface area (Å²) >= 11 is 0. The molecule has 38 heavy (non-hydrogen) atoms. The van der Waals surface area contributed by atoms with Crippen LogP contribution in [0.5, 0.6) is 0 Å². The van der Waals surface area contributed by atoms with Gasteiger partial charge in [-0.25, -0.2) is 8.42 Å². The van der Waals surface area contributed by atoms with Crippen molar-refractivity contribution in [1.82, 2.24) is 9.62 Å². The molecule has 3 atom stereocenters. The molecule has 0 radical (unpaired) electrons. The number of anilines is 1. The summed E-state index contributed by atoms with van der Waals surface area (Å²) in [6.45, 7) is 4.13. The summed E-state index contributed by atoms with van der Waals surface area (Å²) in [7, 11) is -3.69. The van der Waals surface area contributed by atoms with Crippen LogP contribution < -0.4 is 10.6 Å². The Labute approximate surface area is 225 Å². The fraction of sp³-hybridized carbons (Fsp3) is 0.655. The lowest BCUT2D eigenvalue weighted by atomic mass is 9.48. The second kappa shape index (κ2) is 10.1. The number of hydrogen-bond acceptors (Lipinski definition) is 5. The first-order valence-electron chi connectivity index (χ1n) is 14.2. The van der Waals surface area contributed by atoms with Gasteiger partial charge in [-0.1, -0.05) is 6.58 Å². The van der Waals surface area contributed by atoms with Crippen LogP contribution in [0.3, 0.4) is 0 Å². The third-order valence-corrected chi connectivity index (χ3v) is 11.7. The molecule has 2 amide bonds. The zero-order chi connectivity index (χ0) is 26.5. The summed E-state index contributed by atoms with van der Waals surface area (Å²) in [6.07, 6.45) is 11.5. The van der Waals surface area contributed by atoms with Gasteiger partial charge in [0.25, 0.3) is 0 Å². The Balaban J connectivity index is 1.02. The van der Waals surface area contributed by atoms with Crippen LogP contribution in [0.2, 0.25) is 0 Å². The van der Waals surface area contributed by atoms with Crippen molar-refractivity contribution >= 4 is 27.5 Å². The van der Waals surface area contributed by atoms with Crippen LogP contribution in [0.4, 0.5) is 5.69 Å². The molecule has 4 aliphatic carbocycles. The topological polar surface area (TPSA) is 105 Å². The fourth-order valence-electron chi connectivity index (χ4n) is 8.49. The number of nitrogens with zero attached hydrogens (tertiary/aromatic N) is 1. The molecule has 206 valence electrons. The molecule has 6 aliphatic rings. The molecule has 0 aromatic heterocycles. The van der Waals surface area contributed by atoms with Crippen molar-refractivity contribution in [3.63, 3.8) is 0 Å². The normalized spacial score (nSPS) is 36.0. The molecule has 0 spiro atoms. The van der Waals surface area contributed by atoms with Gasteiger partial charge in [0.2, 0.25) is 21.8 Å². The number of ether oxygens (including phenoxy) is 1. The highest BCUT2D eigenvalue weighted by Gasteiger charge is 2.50. The van der Waals surface area contributed by atoms with E-state index in [4.69, 9.17) is 4.74 Å². The van der Waals surface area contributed by atoms with Gasteiger partial charge in [0.05, 0.1) is 11.0 Å². The maximum Gasteiger partial charge on any atom is 0.245 e. The maximum atomic E-state index is 13.3. The summed E-state index contributed by atoms with van der Waals surface area (Å²) < 4.78 is 34.0. The minimum Gasteiger partial charge on any atom is -0.354 e. The van der Waals surface area contributed by atoms with Crippen LogP contribution in [0.1, 0.15) is 64.2 Å². The number of fused-ring (bicyclic) bond motifs is 1. The van der Waals surface area contributed by atoms with Crippen LogP contribution in [0.25, 0.3) is 0 Å². The highest BCUT2D eigenvalue weighted by atomic mass is 32.2. The Bertz CT molecular complexity index is 1160. The van der Waals surface area contributed by atoms with E-state index >= 15 is 0 Å². The van der Waals surface area contributed by atoms with Gasteiger partial charge in [-0.3, -0.25) is 9.59 Å². The van der Waals surface area contributed by atoms with Crippen LogP contribution in [-0.4, -0.2) is 50.0 Å². The number of amides is 2. The van der Waals surface area contributed by atoms with Crippen LogP contribution >= 0.6 is 0 Å². The van der Waals surface area contributed by atoms with Crippen LogP contribution in [0.15, 0.2) is 41.8 Å². The van der Waals surface area contributed by atoms with E-state index in [-0.39, 0.29) is 35.3 Å². The van der Waals surface area contributed by atoms with E-state index in [1.807, 2.05) is 0 Å². The molecule has 2 saturated heterocycles. The Morgan fingerprint density at radius 3 is 2.34 bits per heavy atom. The molecule has 6 fully saturated rings. The lowest BCUT2D eigenvalue weighted by molar-refractivity contribution is -0.120. The molecule has 8 nitrogen and oxygen atoms in total.